The molecule has 5 aromatic carbocycles. The monoisotopic (exact) mass is 528 g/mol. The number of fused-ring (bicyclic) bond motifs is 6. The van der Waals surface area contributed by atoms with Crippen LogP contribution in [0.3, 0.4) is 0 Å². The predicted molar refractivity (Wildman–Crippen MR) is 176 cm³/mol. The third-order valence-electron chi connectivity index (χ3n) is 7.83. The highest BCUT2D eigenvalue weighted by atomic mass is 32.1. The Morgan fingerprint density at radius 3 is 2.35 bits per heavy atom. The van der Waals surface area contributed by atoms with Gasteiger partial charge in [0, 0.05) is 20.2 Å². The molecule has 1 aliphatic carbocycles. The molecule has 0 unspecified atom stereocenters. The summed E-state index contributed by atoms with van der Waals surface area (Å²) in [7, 11) is 0. The zero-order chi connectivity index (χ0) is 27.1. The lowest BCUT2D eigenvalue weighted by molar-refractivity contribution is 1.27. The maximum absolute atomic E-state index is 4.59. The van der Waals surface area contributed by atoms with Crippen LogP contribution in [0.25, 0.3) is 53.6 Å². The van der Waals surface area contributed by atoms with Gasteiger partial charge in [-0.05, 0) is 86.3 Å². The quantitative estimate of drug-likeness (QED) is 0.214. The third kappa shape index (κ3) is 4.25. The minimum atomic E-state index is 0.891. The second-order valence-electron chi connectivity index (χ2n) is 10.3. The van der Waals surface area contributed by atoms with Gasteiger partial charge in [0.25, 0.3) is 0 Å². The predicted octanol–water partition coefficient (Wildman–Crippen LogP) is 11.1. The summed E-state index contributed by atoms with van der Waals surface area (Å²) in [5.41, 5.74) is 11.7. The van der Waals surface area contributed by atoms with Crippen molar-refractivity contribution in [2.45, 2.75) is 6.42 Å². The molecule has 0 saturated carbocycles. The van der Waals surface area contributed by atoms with E-state index < -0.39 is 0 Å². The van der Waals surface area contributed by atoms with Gasteiger partial charge in [-0.25, -0.2) is 0 Å². The highest BCUT2D eigenvalue weighted by Gasteiger charge is 2.15. The number of hydrogen-bond acceptors (Lipinski definition) is 1. The normalized spacial score (nSPS) is 14.4. The Hall–Kier alpha value is -4.72. The van der Waals surface area contributed by atoms with Crippen LogP contribution in [0.2, 0.25) is 0 Å². The van der Waals surface area contributed by atoms with Gasteiger partial charge in [0.05, 0.1) is 0 Å². The lowest BCUT2D eigenvalue weighted by atomic mass is 9.87. The van der Waals surface area contributed by atoms with Crippen molar-refractivity contribution in [3.05, 3.63) is 169 Å². The number of rotatable bonds is 3. The molecule has 0 nitrogen and oxygen atoms in total. The first kappa shape index (κ1) is 24.3. The topological polar surface area (TPSA) is 0 Å². The molecule has 0 saturated heterocycles. The van der Waals surface area contributed by atoms with E-state index in [9.17, 15) is 0 Å². The molecule has 0 aliphatic heterocycles. The van der Waals surface area contributed by atoms with Crippen LogP contribution in [-0.2, 0) is 6.42 Å². The number of thiophene rings is 1. The Bertz CT molecular complexity index is 2010. The molecule has 190 valence electrons. The van der Waals surface area contributed by atoms with Gasteiger partial charge >= 0.3 is 0 Å². The van der Waals surface area contributed by atoms with Crippen molar-refractivity contribution in [3.63, 3.8) is 0 Å². The van der Waals surface area contributed by atoms with Gasteiger partial charge in [-0.1, -0.05) is 122 Å². The first-order valence-corrected chi connectivity index (χ1v) is 14.4. The molecular weight excluding hydrogens is 500 g/mol. The van der Waals surface area contributed by atoms with E-state index in [0.717, 1.165) is 34.3 Å². The molecule has 7 rings (SSSR count). The Morgan fingerprint density at radius 1 is 0.625 bits per heavy atom. The van der Waals surface area contributed by atoms with Gasteiger partial charge < -0.3 is 0 Å². The van der Waals surface area contributed by atoms with Crippen molar-refractivity contribution in [1.82, 2.24) is 0 Å². The van der Waals surface area contributed by atoms with Crippen molar-refractivity contribution in [1.29, 1.82) is 0 Å². The molecule has 0 radical (unpaired) electrons. The number of benzene rings is 5. The van der Waals surface area contributed by atoms with Crippen molar-refractivity contribution in [3.8, 4) is 22.3 Å². The van der Waals surface area contributed by atoms with Gasteiger partial charge in [0.2, 0.25) is 0 Å². The maximum atomic E-state index is 4.59. The smallest absolute Gasteiger partial charge is 0.0361 e. The van der Waals surface area contributed by atoms with Gasteiger partial charge in [0.1, 0.15) is 0 Å². The molecular formula is C39H28S. The van der Waals surface area contributed by atoms with Crippen molar-refractivity contribution >= 4 is 42.7 Å². The zero-order valence-electron chi connectivity index (χ0n) is 22.2. The zero-order valence-corrected chi connectivity index (χ0v) is 23.0. The van der Waals surface area contributed by atoms with Crippen LogP contribution in [0.1, 0.15) is 22.3 Å². The largest absolute Gasteiger partial charge is 0.135 e. The molecule has 1 aromatic heterocycles. The molecule has 6 aromatic rings. The Balaban J connectivity index is 1.33. The summed E-state index contributed by atoms with van der Waals surface area (Å²) in [5, 5.41) is 2.65. The van der Waals surface area contributed by atoms with Crippen molar-refractivity contribution < 1.29 is 0 Å². The average molecular weight is 529 g/mol. The molecule has 0 atom stereocenters. The minimum Gasteiger partial charge on any atom is -0.135 e. The van der Waals surface area contributed by atoms with E-state index in [-0.39, 0.29) is 0 Å². The molecule has 0 spiro atoms. The standard InChI is InChI=1S/C39H28S/c1-26-12-4-3-5-13-28-14-6-7-17-33(28)36-25-30(22-23-32(26)36)27(2)29-15-10-16-31(24-29)34-19-11-21-38-39(34)35-18-8-9-20-37(35)40-38/h3-12,14-25H,1-2,13H2/b5-3-,12-4-. The fraction of sp³-hybridized carbons (Fsp3) is 0.0256. The SMILES string of the molecule is C=C(c1cccc(-c2cccc3sc4ccccc4c23)c1)c1ccc2c(c1)-c1ccccc1C/C=C\C=C/C2=C. The van der Waals surface area contributed by atoms with Gasteiger partial charge in [-0.3, -0.25) is 0 Å². The third-order valence-corrected chi connectivity index (χ3v) is 8.96. The summed E-state index contributed by atoms with van der Waals surface area (Å²) in [6, 6.07) is 39.5. The van der Waals surface area contributed by atoms with Gasteiger partial charge in [-0.15, -0.1) is 11.3 Å². The summed E-state index contributed by atoms with van der Waals surface area (Å²) >= 11 is 1.86. The number of allylic oxidation sites excluding steroid dienone is 5. The summed E-state index contributed by atoms with van der Waals surface area (Å²) in [5.74, 6) is 0. The lowest BCUT2D eigenvalue weighted by Gasteiger charge is -2.17. The van der Waals surface area contributed by atoms with Crippen LogP contribution < -0.4 is 0 Å². The summed E-state index contributed by atoms with van der Waals surface area (Å²) in [4.78, 5) is 0. The van der Waals surface area contributed by atoms with Crippen LogP contribution in [0, 0.1) is 0 Å². The fourth-order valence-electron chi connectivity index (χ4n) is 5.79. The van der Waals surface area contributed by atoms with Crippen molar-refractivity contribution in [2.75, 3.05) is 0 Å². The molecule has 1 heteroatoms. The second-order valence-corrected chi connectivity index (χ2v) is 11.4. The summed E-state index contributed by atoms with van der Waals surface area (Å²) in [6.45, 7) is 8.97. The van der Waals surface area contributed by atoms with Gasteiger partial charge in [0.15, 0.2) is 0 Å². The number of hydrogen-bond donors (Lipinski definition) is 0. The van der Waals surface area contributed by atoms with E-state index >= 15 is 0 Å². The van der Waals surface area contributed by atoms with Crippen molar-refractivity contribution in [2.24, 2.45) is 0 Å². The first-order valence-electron chi connectivity index (χ1n) is 13.6. The highest BCUT2D eigenvalue weighted by molar-refractivity contribution is 7.25. The van der Waals surface area contributed by atoms with E-state index in [0.29, 0.717) is 0 Å². The first-order chi connectivity index (χ1) is 19.7. The molecule has 0 bridgehead atoms. The minimum absolute atomic E-state index is 0.891. The highest BCUT2D eigenvalue weighted by Crippen LogP contribution is 2.41. The Kier molecular flexibility index (Phi) is 6.15. The molecule has 1 heterocycles. The van der Waals surface area contributed by atoms with Crippen LogP contribution in [0.5, 0.6) is 0 Å². The summed E-state index contributed by atoms with van der Waals surface area (Å²) < 4.78 is 2.64. The maximum Gasteiger partial charge on any atom is 0.0361 e. The van der Waals surface area contributed by atoms with E-state index in [4.69, 9.17) is 0 Å². The fourth-order valence-corrected chi connectivity index (χ4v) is 6.92. The Labute approximate surface area is 239 Å². The molecule has 0 N–H and O–H groups in total. The lowest BCUT2D eigenvalue weighted by Crippen LogP contribution is -1.96. The van der Waals surface area contributed by atoms with Crippen LogP contribution in [0.4, 0.5) is 0 Å². The van der Waals surface area contributed by atoms with E-state index in [2.05, 4.69) is 147 Å². The van der Waals surface area contributed by atoms with E-state index in [1.54, 1.807) is 0 Å². The summed E-state index contributed by atoms with van der Waals surface area (Å²) in [6.07, 6.45) is 9.38. The molecule has 0 amide bonds. The molecule has 40 heavy (non-hydrogen) atoms. The Morgan fingerprint density at radius 2 is 1.40 bits per heavy atom. The van der Waals surface area contributed by atoms with E-state index in [1.165, 1.54) is 48.0 Å². The van der Waals surface area contributed by atoms with Crippen LogP contribution >= 0.6 is 11.3 Å². The van der Waals surface area contributed by atoms with Gasteiger partial charge in [-0.2, -0.15) is 0 Å². The van der Waals surface area contributed by atoms with Crippen LogP contribution in [0.15, 0.2) is 147 Å². The molecule has 0 fully saturated rings. The molecule has 1 aliphatic rings. The average Bonchev–Trinajstić information content (AvgIpc) is 3.39. The van der Waals surface area contributed by atoms with E-state index in [1.807, 2.05) is 11.3 Å². The second kappa shape index (κ2) is 10.1. The van der Waals surface area contributed by atoms with Crippen LogP contribution in [-0.4, -0.2) is 0 Å².